The van der Waals surface area contributed by atoms with Gasteiger partial charge < -0.3 is 9.47 Å². The van der Waals surface area contributed by atoms with E-state index in [9.17, 15) is 4.79 Å². The number of hydrogen-bond donors (Lipinski definition) is 1. The molecule has 0 saturated carbocycles. The summed E-state index contributed by atoms with van der Waals surface area (Å²) < 4.78 is 2.17. The lowest BCUT2D eigenvalue weighted by atomic mass is 9.99. The fraction of sp³-hybridized carbons (Fsp3) is 0.538. The van der Waals surface area contributed by atoms with Gasteiger partial charge in [0.2, 0.25) is 5.13 Å². The molecule has 2 aromatic rings. The minimum atomic E-state index is -0.137. The molecule has 3 heterocycles. The van der Waals surface area contributed by atoms with Crippen LogP contribution in [0.3, 0.4) is 0 Å². The van der Waals surface area contributed by atoms with Crippen LogP contribution in [0, 0.1) is 12.8 Å². The van der Waals surface area contributed by atoms with Gasteiger partial charge >= 0.3 is 6.03 Å². The van der Waals surface area contributed by atoms with E-state index in [1.54, 1.807) is 4.90 Å². The van der Waals surface area contributed by atoms with Crippen LogP contribution in [-0.4, -0.2) is 44.3 Å². The van der Waals surface area contributed by atoms with E-state index in [1.165, 1.54) is 11.3 Å². The molecule has 1 N–H and O–H groups in total. The van der Waals surface area contributed by atoms with E-state index in [4.69, 9.17) is 0 Å². The number of carbonyl (C=O) groups excluding carboxylic acids is 1. The number of amides is 2. The first-order chi connectivity index (χ1) is 10.1. The molecule has 0 fully saturated rings. The number of imidazole rings is 1. The highest BCUT2D eigenvalue weighted by Gasteiger charge is 2.22. The highest BCUT2D eigenvalue weighted by Crippen LogP contribution is 2.20. The van der Waals surface area contributed by atoms with Crippen LogP contribution in [-0.2, 0) is 13.0 Å². The lowest BCUT2D eigenvalue weighted by molar-refractivity contribution is 0.205. The molecule has 112 valence electrons. The van der Waals surface area contributed by atoms with Crippen LogP contribution in [0.15, 0.2) is 12.4 Å². The minimum absolute atomic E-state index is 0.137. The molecule has 2 aromatic heterocycles. The summed E-state index contributed by atoms with van der Waals surface area (Å²) in [5.74, 6) is 1.60. The van der Waals surface area contributed by atoms with E-state index in [0.29, 0.717) is 11.0 Å². The smallest absolute Gasteiger partial charge is 0.323 e. The Morgan fingerprint density at radius 3 is 3.19 bits per heavy atom. The monoisotopic (exact) mass is 306 g/mol. The summed E-state index contributed by atoms with van der Waals surface area (Å²) in [5, 5.41) is 12.0. The van der Waals surface area contributed by atoms with Crippen molar-refractivity contribution in [1.29, 1.82) is 0 Å². The predicted octanol–water partition coefficient (Wildman–Crippen LogP) is 1.77. The number of rotatable bonds is 3. The van der Waals surface area contributed by atoms with Gasteiger partial charge in [-0.1, -0.05) is 11.3 Å². The zero-order valence-corrected chi connectivity index (χ0v) is 12.9. The largest absolute Gasteiger partial charge is 0.335 e. The molecule has 0 spiro atoms. The number of aromatic nitrogens is 4. The zero-order valence-electron chi connectivity index (χ0n) is 12.1. The quantitative estimate of drug-likeness (QED) is 0.937. The summed E-state index contributed by atoms with van der Waals surface area (Å²) in [4.78, 5) is 18.2. The van der Waals surface area contributed by atoms with E-state index in [2.05, 4.69) is 25.1 Å². The molecule has 3 rings (SSSR count). The van der Waals surface area contributed by atoms with Gasteiger partial charge in [0.15, 0.2) is 0 Å². The third-order valence-electron chi connectivity index (χ3n) is 3.65. The van der Waals surface area contributed by atoms with Crippen LogP contribution in [0.4, 0.5) is 9.93 Å². The van der Waals surface area contributed by atoms with Crippen molar-refractivity contribution in [2.24, 2.45) is 5.92 Å². The Kier molecular flexibility index (Phi) is 3.87. The lowest BCUT2D eigenvalue weighted by Crippen LogP contribution is -2.37. The summed E-state index contributed by atoms with van der Waals surface area (Å²) >= 11 is 1.38. The Hall–Kier alpha value is -1.96. The molecule has 0 saturated heterocycles. The zero-order chi connectivity index (χ0) is 14.8. The number of carbonyl (C=O) groups is 1. The highest BCUT2D eigenvalue weighted by atomic mass is 32.1. The molecule has 1 atom stereocenters. The molecular weight excluding hydrogens is 288 g/mol. The van der Waals surface area contributed by atoms with E-state index in [0.717, 1.165) is 36.8 Å². The standard InChI is InChI=1S/C13H18N6OS/c1-9-16-17-12(21-9)15-13(20)18(2)7-10-3-4-11-14-5-6-19(11)8-10/h5-6,10H,3-4,7-8H2,1-2H3,(H,15,17,20)/t10-/m1/s1. The predicted molar refractivity (Wildman–Crippen MR) is 80.3 cm³/mol. The molecule has 0 radical (unpaired) electrons. The van der Waals surface area contributed by atoms with E-state index in [-0.39, 0.29) is 6.03 Å². The van der Waals surface area contributed by atoms with Gasteiger partial charge in [0, 0.05) is 39.0 Å². The third kappa shape index (κ3) is 3.21. The maximum absolute atomic E-state index is 12.1. The highest BCUT2D eigenvalue weighted by molar-refractivity contribution is 7.15. The average molecular weight is 306 g/mol. The average Bonchev–Trinajstić information content (AvgIpc) is 3.07. The second-order valence-corrected chi connectivity index (χ2v) is 6.52. The van der Waals surface area contributed by atoms with Crippen molar-refractivity contribution in [2.45, 2.75) is 26.3 Å². The van der Waals surface area contributed by atoms with Crippen molar-refractivity contribution in [3.63, 3.8) is 0 Å². The second kappa shape index (κ2) is 5.80. The fourth-order valence-electron chi connectivity index (χ4n) is 2.59. The van der Waals surface area contributed by atoms with Crippen molar-refractivity contribution in [3.05, 3.63) is 23.2 Å². The number of nitrogens with one attached hydrogen (secondary N) is 1. The van der Waals surface area contributed by atoms with Crippen LogP contribution in [0.1, 0.15) is 17.3 Å². The number of aryl methyl sites for hydroxylation is 2. The van der Waals surface area contributed by atoms with Gasteiger partial charge in [-0.3, -0.25) is 5.32 Å². The lowest BCUT2D eigenvalue weighted by Gasteiger charge is -2.28. The molecule has 1 aliphatic heterocycles. The van der Waals surface area contributed by atoms with Crippen molar-refractivity contribution in [3.8, 4) is 0 Å². The molecule has 1 aliphatic rings. The van der Waals surface area contributed by atoms with Crippen LogP contribution in [0.5, 0.6) is 0 Å². The Balaban J connectivity index is 1.54. The topological polar surface area (TPSA) is 75.9 Å². The van der Waals surface area contributed by atoms with Crippen molar-refractivity contribution in [2.75, 3.05) is 18.9 Å². The molecule has 7 nitrogen and oxygen atoms in total. The number of anilines is 1. The number of nitrogens with zero attached hydrogens (tertiary/aromatic N) is 5. The Labute approximate surface area is 127 Å². The molecule has 8 heteroatoms. The Bertz CT molecular complexity index is 636. The first-order valence-corrected chi connectivity index (χ1v) is 7.75. The van der Waals surface area contributed by atoms with Crippen molar-refractivity contribution >= 4 is 22.5 Å². The molecule has 0 aliphatic carbocycles. The number of urea groups is 1. The van der Waals surface area contributed by atoms with E-state index in [1.807, 2.05) is 26.4 Å². The molecular formula is C13H18N6OS. The number of hydrogen-bond acceptors (Lipinski definition) is 5. The molecule has 2 amide bonds. The van der Waals surface area contributed by atoms with Crippen LogP contribution in [0.2, 0.25) is 0 Å². The van der Waals surface area contributed by atoms with E-state index >= 15 is 0 Å². The van der Waals surface area contributed by atoms with E-state index < -0.39 is 0 Å². The minimum Gasteiger partial charge on any atom is -0.335 e. The summed E-state index contributed by atoms with van der Waals surface area (Å²) in [7, 11) is 1.81. The molecule has 0 bridgehead atoms. The van der Waals surface area contributed by atoms with Crippen LogP contribution < -0.4 is 5.32 Å². The maximum Gasteiger partial charge on any atom is 0.323 e. The van der Waals surface area contributed by atoms with Crippen LogP contribution >= 0.6 is 11.3 Å². The summed E-state index contributed by atoms with van der Waals surface area (Å²) in [6, 6.07) is -0.137. The molecule has 0 aromatic carbocycles. The molecule has 0 unspecified atom stereocenters. The SMILES string of the molecule is Cc1nnc(NC(=O)N(C)C[C@H]2CCc3nccn3C2)s1. The third-order valence-corrected chi connectivity index (χ3v) is 4.41. The van der Waals surface area contributed by atoms with Gasteiger partial charge in [-0.25, -0.2) is 9.78 Å². The summed E-state index contributed by atoms with van der Waals surface area (Å²) in [5.41, 5.74) is 0. The van der Waals surface area contributed by atoms with Gasteiger partial charge in [-0.15, -0.1) is 10.2 Å². The summed E-state index contributed by atoms with van der Waals surface area (Å²) in [6.07, 6.45) is 5.88. The molecule has 21 heavy (non-hydrogen) atoms. The Morgan fingerprint density at radius 1 is 1.57 bits per heavy atom. The maximum atomic E-state index is 12.1. The van der Waals surface area contributed by atoms with Gasteiger partial charge in [0.1, 0.15) is 10.8 Å². The first kappa shape index (κ1) is 14.0. The van der Waals surface area contributed by atoms with Gasteiger partial charge in [0.25, 0.3) is 0 Å². The normalized spacial score (nSPS) is 17.3. The number of fused-ring (bicyclic) bond motifs is 1. The second-order valence-electron chi connectivity index (χ2n) is 5.34. The van der Waals surface area contributed by atoms with Crippen LogP contribution in [0.25, 0.3) is 0 Å². The van der Waals surface area contributed by atoms with Crippen molar-refractivity contribution in [1.82, 2.24) is 24.6 Å². The fourth-order valence-corrected chi connectivity index (χ4v) is 3.17. The van der Waals surface area contributed by atoms with Gasteiger partial charge in [-0.05, 0) is 19.3 Å². The van der Waals surface area contributed by atoms with Crippen molar-refractivity contribution < 1.29 is 4.79 Å². The first-order valence-electron chi connectivity index (χ1n) is 6.94. The van der Waals surface area contributed by atoms with Gasteiger partial charge in [0.05, 0.1) is 0 Å². The van der Waals surface area contributed by atoms with Gasteiger partial charge in [-0.2, -0.15) is 0 Å². The Morgan fingerprint density at radius 2 is 2.43 bits per heavy atom. The summed E-state index contributed by atoms with van der Waals surface area (Å²) in [6.45, 7) is 3.51.